The molecule has 0 radical (unpaired) electrons. The number of rotatable bonds is 2. The zero-order chi connectivity index (χ0) is 11.4. The minimum atomic E-state index is -0.186. The first-order valence-corrected chi connectivity index (χ1v) is 4.43. The fourth-order valence-corrected chi connectivity index (χ4v) is 1.15. The van der Waals surface area contributed by atoms with E-state index < -0.39 is 0 Å². The Hall–Kier alpha value is -1.75. The molecule has 0 aliphatic carbocycles. The molecule has 0 atom stereocenters. The first-order chi connectivity index (χ1) is 6.99. The van der Waals surface area contributed by atoms with Crippen molar-refractivity contribution in [3.8, 4) is 0 Å². The Morgan fingerprint density at radius 1 is 1.12 bits per heavy atom. The van der Waals surface area contributed by atoms with Crippen LogP contribution in [0.5, 0.6) is 0 Å². The number of carbonyl (C=O) groups excluding carboxylic acids is 2. The van der Waals surface area contributed by atoms with Crippen molar-refractivity contribution in [1.29, 1.82) is 0 Å². The molecular weight excluding hydrogens is 230 g/mol. The molecule has 0 aromatic heterocycles. The predicted octanol–water partition coefficient (Wildman–Crippen LogP) is 1.61. The van der Waals surface area contributed by atoms with E-state index in [0.29, 0.717) is 17.1 Å². The smallest absolute Gasteiger partial charge is 0.221 e. The molecular formula is C10H14ClN3O2. The Balaban J connectivity index is 0.00000225. The van der Waals surface area contributed by atoms with Crippen LogP contribution >= 0.6 is 12.4 Å². The fraction of sp³-hybridized carbons (Fsp3) is 0.200. The van der Waals surface area contributed by atoms with E-state index in [-0.39, 0.29) is 24.2 Å². The molecule has 1 rings (SSSR count). The Bertz CT molecular complexity index is 407. The average molecular weight is 244 g/mol. The monoisotopic (exact) mass is 243 g/mol. The third-order valence-corrected chi connectivity index (χ3v) is 1.68. The molecule has 4 N–H and O–H groups in total. The maximum Gasteiger partial charge on any atom is 0.221 e. The van der Waals surface area contributed by atoms with Crippen LogP contribution in [0.4, 0.5) is 17.1 Å². The van der Waals surface area contributed by atoms with Crippen molar-refractivity contribution in [2.24, 2.45) is 0 Å². The lowest BCUT2D eigenvalue weighted by atomic mass is 10.2. The van der Waals surface area contributed by atoms with Crippen LogP contribution in [0.1, 0.15) is 13.8 Å². The van der Waals surface area contributed by atoms with E-state index >= 15 is 0 Å². The molecule has 0 saturated heterocycles. The summed E-state index contributed by atoms with van der Waals surface area (Å²) in [5.74, 6) is -0.351. The van der Waals surface area contributed by atoms with Crippen molar-refractivity contribution in [3.63, 3.8) is 0 Å². The summed E-state index contributed by atoms with van der Waals surface area (Å²) in [7, 11) is 0. The standard InChI is InChI=1S/C10H13N3O2.ClH/c1-6(14)12-8-3-4-10(9(11)5-8)13-7(2)15;/h3-5H,11H2,1-2H3,(H,12,14)(H,13,15);1H. The molecule has 0 heterocycles. The summed E-state index contributed by atoms with van der Waals surface area (Å²) in [6.45, 7) is 2.82. The highest BCUT2D eigenvalue weighted by Crippen LogP contribution is 2.22. The van der Waals surface area contributed by atoms with Gasteiger partial charge in [-0.25, -0.2) is 0 Å². The minimum absolute atomic E-state index is 0. The summed E-state index contributed by atoms with van der Waals surface area (Å²) >= 11 is 0. The molecule has 0 unspecified atom stereocenters. The zero-order valence-electron chi connectivity index (χ0n) is 9.03. The second-order valence-electron chi connectivity index (χ2n) is 3.16. The Morgan fingerprint density at radius 2 is 1.69 bits per heavy atom. The number of nitrogens with two attached hydrogens (primary N) is 1. The van der Waals surface area contributed by atoms with Gasteiger partial charge in [0.05, 0.1) is 11.4 Å². The summed E-state index contributed by atoms with van der Waals surface area (Å²) < 4.78 is 0. The van der Waals surface area contributed by atoms with Gasteiger partial charge >= 0.3 is 0 Å². The van der Waals surface area contributed by atoms with E-state index in [1.807, 2.05) is 0 Å². The van der Waals surface area contributed by atoms with Crippen molar-refractivity contribution in [2.75, 3.05) is 16.4 Å². The third-order valence-electron chi connectivity index (χ3n) is 1.68. The van der Waals surface area contributed by atoms with Crippen molar-refractivity contribution in [2.45, 2.75) is 13.8 Å². The summed E-state index contributed by atoms with van der Waals surface area (Å²) in [5, 5.41) is 5.17. The average Bonchev–Trinajstić information content (AvgIpc) is 2.08. The molecule has 0 aliphatic heterocycles. The fourth-order valence-electron chi connectivity index (χ4n) is 1.15. The van der Waals surface area contributed by atoms with Crippen LogP contribution in [-0.2, 0) is 9.59 Å². The van der Waals surface area contributed by atoms with Gasteiger partial charge in [-0.3, -0.25) is 9.59 Å². The molecule has 6 heteroatoms. The van der Waals surface area contributed by atoms with Crippen LogP contribution in [0.15, 0.2) is 18.2 Å². The number of halogens is 1. The third kappa shape index (κ3) is 4.18. The number of benzene rings is 1. The first-order valence-electron chi connectivity index (χ1n) is 4.43. The van der Waals surface area contributed by atoms with Crippen molar-refractivity contribution in [1.82, 2.24) is 0 Å². The second-order valence-corrected chi connectivity index (χ2v) is 3.16. The quantitative estimate of drug-likeness (QED) is 0.690. The molecule has 0 aliphatic rings. The summed E-state index contributed by atoms with van der Waals surface area (Å²) in [5.41, 5.74) is 7.24. The Morgan fingerprint density at radius 3 is 2.12 bits per heavy atom. The molecule has 0 spiro atoms. The largest absolute Gasteiger partial charge is 0.397 e. The van der Waals surface area contributed by atoms with Gasteiger partial charge < -0.3 is 16.4 Å². The highest BCUT2D eigenvalue weighted by molar-refractivity contribution is 5.94. The van der Waals surface area contributed by atoms with Crippen LogP contribution in [-0.4, -0.2) is 11.8 Å². The number of hydrogen-bond donors (Lipinski definition) is 3. The van der Waals surface area contributed by atoms with E-state index in [0.717, 1.165) is 0 Å². The minimum Gasteiger partial charge on any atom is -0.397 e. The van der Waals surface area contributed by atoms with Gasteiger partial charge in [0.2, 0.25) is 11.8 Å². The molecule has 0 fully saturated rings. The van der Waals surface area contributed by atoms with Crippen LogP contribution in [0.2, 0.25) is 0 Å². The van der Waals surface area contributed by atoms with Gasteiger partial charge in [-0.05, 0) is 18.2 Å². The maximum absolute atomic E-state index is 10.8. The normalized spacial score (nSPS) is 8.88. The maximum atomic E-state index is 10.8. The molecule has 88 valence electrons. The van der Waals surface area contributed by atoms with Crippen LogP contribution in [0.25, 0.3) is 0 Å². The lowest BCUT2D eigenvalue weighted by molar-refractivity contribution is -0.115. The van der Waals surface area contributed by atoms with Gasteiger partial charge in [-0.15, -0.1) is 12.4 Å². The van der Waals surface area contributed by atoms with E-state index in [9.17, 15) is 9.59 Å². The van der Waals surface area contributed by atoms with E-state index in [2.05, 4.69) is 10.6 Å². The molecule has 0 saturated carbocycles. The van der Waals surface area contributed by atoms with E-state index in [1.165, 1.54) is 13.8 Å². The SMILES string of the molecule is CC(=O)Nc1ccc(NC(C)=O)c(N)c1.Cl. The Kier molecular flexibility index (Phi) is 5.32. The number of hydrogen-bond acceptors (Lipinski definition) is 3. The van der Waals surface area contributed by atoms with Gasteiger partial charge in [0, 0.05) is 19.5 Å². The number of anilines is 3. The van der Waals surface area contributed by atoms with Gasteiger partial charge in [0.25, 0.3) is 0 Å². The zero-order valence-corrected chi connectivity index (χ0v) is 9.85. The van der Waals surface area contributed by atoms with Gasteiger partial charge in [-0.1, -0.05) is 0 Å². The highest BCUT2D eigenvalue weighted by Gasteiger charge is 2.02. The molecule has 5 nitrogen and oxygen atoms in total. The van der Waals surface area contributed by atoms with Gasteiger partial charge in [0.1, 0.15) is 0 Å². The number of nitrogens with one attached hydrogen (secondary N) is 2. The number of carbonyl (C=O) groups is 2. The Labute approximate surface area is 99.8 Å². The molecule has 2 amide bonds. The van der Waals surface area contributed by atoms with Crippen LogP contribution in [0.3, 0.4) is 0 Å². The van der Waals surface area contributed by atoms with Crippen molar-refractivity contribution >= 4 is 41.3 Å². The van der Waals surface area contributed by atoms with Crippen LogP contribution < -0.4 is 16.4 Å². The van der Waals surface area contributed by atoms with Gasteiger partial charge in [-0.2, -0.15) is 0 Å². The topological polar surface area (TPSA) is 84.2 Å². The van der Waals surface area contributed by atoms with E-state index in [1.54, 1.807) is 18.2 Å². The second kappa shape index (κ2) is 5.97. The lowest BCUT2D eigenvalue weighted by Crippen LogP contribution is -2.09. The number of nitrogen functional groups attached to an aromatic ring is 1. The first kappa shape index (κ1) is 14.2. The van der Waals surface area contributed by atoms with E-state index in [4.69, 9.17) is 5.73 Å². The lowest BCUT2D eigenvalue weighted by Gasteiger charge is -2.08. The molecule has 0 bridgehead atoms. The summed E-state index contributed by atoms with van der Waals surface area (Å²) in [6.07, 6.45) is 0. The van der Waals surface area contributed by atoms with Gasteiger partial charge in [0.15, 0.2) is 0 Å². The van der Waals surface area contributed by atoms with Crippen molar-refractivity contribution in [3.05, 3.63) is 18.2 Å². The molecule has 1 aromatic rings. The summed E-state index contributed by atoms with van der Waals surface area (Å²) in [4.78, 5) is 21.6. The predicted molar refractivity (Wildman–Crippen MR) is 66.7 cm³/mol. The molecule has 16 heavy (non-hydrogen) atoms. The highest BCUT2D eigenvalue weighted by atomic mass is 35.5. The number of amides is 2. The van der Waals surface area contributed by atoms with Crippen molar-refractivity contribution < 1.29 is 9.59 Å². The summed E-state index contributed by atoms with van der Waals surface area (Å²) in [6, 6.07) is 4.90. The van der Waals surface area contributed by atoms with Crippen LogP contribution in [0, 0.1) is 0 Å². The molecule has 1 aromatic carbocycles.